The standard InChI is InChI=1S/C15H13N3O2S2/c19-18(20)14-8-4-7-13(9-14)10-16-17-15(21)22-11-12-5-2-1-3-6-12/h1-10H,11H2,(H,17,21)/b16-10+. The molecule has 0 saturated heterocycles. The average molecular weight is 331 g/mol. The minimum Gasteiger partial charge on any atom is -0.262 e. The Hall–Kier alpha value is -2.25. The van der Waals surface area contributed by atoms with E-state index in [4.69, 9.17) is 12.2 Å². The molecule has 0 atom stereocenters. The first-order chi connectivity index (χ1) is 10.6. The summed E-state index contributed by atoms with van der Waals surface area (Å²) in [4.78, 5) is 10.2. The second-order valence-electron chi connectivity index (χ2n) is 4.28. The molecule has 0 amide bonds. The van der Waals surface area contributed by atoms with E-state index in [1.54, 1.807) is 12.1 Å². The number of thiocarbonyl (C=S) groups is 1. The van der Waals surface area contributed by atoms with Crippen LogP contribution in [0, 0.1) is 10.1 Å². The Morgan fingerprint density at radius 2 is 2.05 bits per heavy atom. The maximum Gasteiger partial charge on any atom is 0.270 e. The van der Waals surface area contributed by atoms with Crippen LogP contribution in [0.3, 0.4) is 0 Å². The van der Waals surface area contributed by atoms with Crippen molar-refractivity contribution in [1.29, 1.82) is 0 Å². The van der Waals surface area contributed by atoms with Crippen molar-refractivity contribution >= 4 is 40.2 Å². The summed E-state index contributed by atoms with van der Waals surface area (Å²) in [5.74, 6) is 0.763. The van der Waals surface area contributed by atoms with Gasteiger partial charge in [0.2, 0.25) is 0 Å². The fraction of sp³-hybridized carbons (Fsp3) is 0.0667. The topological polar surface area (TPSA) is 67.5 Å². The molecular formula is C15H13N3O2S2. The van der Waals surface area contributed by atoms with Gasteiger partial charge in [0.15, 0.2) is 4.32 Å². The molecule has 0 aliphatic carbocycles. The molecule has 112 valence electrons. The first kappa shape index (κ1) is 16.1. The monoisotopic (exact) mass is 331 g/mol. The molecule has 0 spiro atoms. The van der Waals surface area contributed by atoms with E-state index in [1.807, 2.05) is 30.3 Å². The predicted octanol–water partition coefficient (Wildman–Crippen LogP) is 3.74. The number of nitro groups is 1. The fourth-order valence-corrected chi connectivity index (χ4v) is 2.47. The zero-order chi connectivity index (χ0) is 15.8. The molecule has 1 N–H and O–H groups in total. The van der Waals surface area contributed by atoms with Crippen molar-refractivity contribution in [2.75, 3.05) is 0 Å². The molecule has 0 aliphatic heterocycles. The lowest BCUT2D eigenvalue weighted by molar-refractivity contribution is -0.384. The second-order valence-corrected chi connectivity index (χ2v) is 5.94. The summed E-state index contributed by atoms with van der Waals surface area (Å²) >= 11 is 6.64. The molecule has 0 fully saturated rings. The van der Waals surface area contributed by atoms with Crippen molar-refractivity contribution in [2.24, 2.45) is 5.10 Å². The number of hydrazone groups is 1. The Labute approximate surface area is 137 Å². The lowest BCUT2D eigenvalue weighted by Gasteiger charge is -2.02. The Morgan fingerprint density at radius 1 is 1.27 bits per heavy atom. The van der Waals surface area contributed by atoms with Gasteiger partial charge in [0.25, 0.3) is 5.69 Å². The average Bonchev–Trinajstić information content (AvgIpc) is 2.54. The van der Waals surface area contributed by atoms with Crippen LogP contribution in [0.25, 0.3) is 0 Å². The lowest BCUT2D eigenvalue weighted by Crippen LogP contribution is -2.11. The molecule has 0 aliphatic rings. The molecular weight excluding hydrogens is 318 g/mol. The summed E-state index contributed by atoms with van der Waals surface area (Å²) in [7, 11) is 0. The molecule has 5 nitrogen and oxygen atoms in total. The molecule has 2 aromatic rings. The highest BCUT2D eigenvalue weighted by Gasteiger charge is 2.04. The van der Waals surface area contributed by atoms with Crippen molar-refractivity contribution in [1.82, 2.24) is 5.43 Å². The highest BCUT2D eigenvalue weighted by Crippen LogP contribution is 2.13. The van der Waals surface area contributed by atoms with Crippen LogP contribution in [0.2, 0.25) is 0 Å². The second kappa shape index (κ2) is 8.26. The van der Waals surface area contributed by atoms with Crippen molar-refractivity contribution in [3.05, 3.63) is 75.8 Å². The minimum atomic E-state index is -0.439. The van der Waals surface area contributed by atoms with Gasteiger partial charge in [-0.15, -0.1) is 0 Å². The molecule has 22 heavy (non-hydrogen) atoms. The third kappa shape index (κ3) is 5.27. The summed E-state index contributed by atoms with van der Waals surface area (Å²) in [5.41, 5.74) is 4.59. The van der Waals surface area contributed by atoms with E-state index >= 15 is 0 Å². The SMILES string of the molecule is O=[N+]([O-])c1cccc(/C=N/NC(=S)SCc2ccccc2)c1. The maximum atomic E-state index is 10.7. The summed E-state index contributed by atoms with van der Waals surface area (Å²) in [6.45, 7) is 0. The van der Waals surface area contributed by atoms with Crippen LogP contribution < -0.4 is 5.43 Å². The van der Waals surface area contributed by atoms with Crippen LogP contribution in [-0.4, -0.2) is 15.5 Å². The largest absolute Gasteiger partial charge is 0.270 e. The highest BCUT2D eigenvalue weighted by atomic mass is 32.2. The number of non-ortho nitro benzene ring substituents is 1. The summed E-state index contributed by atoms with van der Waals surface area (Å²) in [6, 6.07) is 16.2. The van der Waals surface area contributed by atoms with E-state index in [9.17, 15) is 10.1 Å². The van der Waals surface area contributed by atoms with Crippen molar-refractivity contribution in [3.63, 3.8) is 0 Å². The lowest BCUT2D eigenvalue weighted by atomic mass is 10.2. The van der Waals surface area contributed by atoms with Crippen molar-refractivity contribution in [3.8, 4) is 0 Å². The van der Waals surface area contributed by atoms with E-state index in [-0.39, 0.29) is 5.69 Å². The van der Waals surface area contributed by atoms with Gasteiger partial charge < -0.3 is 0 Å². The van der Waals surface area contributed by atoms with Crippen LogP contribution >= 0.6 is 24.0 Å². The first-order valence-electron chi connectivity index (χ1n) is 6.39. The zero-order valence-electron chi connectivity index (χ0n) is 11.5. The normalized spacial score (nSPS) is 10.5. The van der Waals surface area contributed by atoms with Crippen molar-refractivity contribution < 1.29 is 4.92 Å². The molecule has 0 heterocycles. The molecule has 7 heteroatoms. The van der Waals surface area contributed by atoms with Gasteiger partial charge in [0.05, 0.1) is 11.1 Å². The Balaban J connectivity index is 1.83. The van der Waals surface area contributed by atoms with Gasteiger partial charge in [-0.05, 0) is 5.56 Å². The van der Waals surface area contributed by atoms with Gasteiger partial charge >= 0.3 is 0 Å². The molecule has 0 unspecified atom stereocenters. The number of rotatable bonds is 5. The van der Waals surface area contributed by atoms with E-state index in [2.05, 4.69) is 10.5 Å². The van der Waals surface area contributed by atoms with Gasteiger partial charge in [0, 0.05) is 23.4 Å². The fourth-order valence-electron chi connectivity index (χ4n) is 1.63. The van der Waals surface area contributed by atoms with Gasteiger partial charge in [-0.3, -0.25) is 15.5 Å². The van der Waals surface area contributed by atoms with E-state index < -0.39 is 4.92 Å². The van der Waals surface area contributed by atoms with Crippen LogP contribution in [0.15, 0.2) is 59.7 Å². The smallest absolute Gasteiger partial charge is 0.262 e. The number of nitrogens with zero attached hydrogens (tertiary/aromatic N) is 2. The number of benzene rings is 2. The zero-order valence-corrected chi connectivity index (χ0v) is 13.1. The Kier molecular flexibility index (Phi) is 6.05. The minimum absolute atomic E-state index is 0.0324. The van der Waals surface area contributed by atoms with E-state index in [1.165, 1.54) is 35.7 Å². The predicted molar refractivity (Wildman–Crippen MR) is 94.2 cm³/mol. The van der Waals surface area contributed by atoms with Crippen molar-refractivity contribution in [2.45, 2.75) is 5.75 Å². The van der Waals surface area contributed by atoms with E-state index in [0.717, 1.165) is 5.75 Å². The number of nitro benzene ring substituents is 1. The number of hydrogen-bond donors (Lipinski definition) is 1. The third-order valence-corrected chi connectivity index (χ3v) is 3.94. The summed E-state index contributed by atoms with van der Waals surface area (Å²) < 4.78 is 0.547. The van der Waals surface area contributed by atoms with Gasteiger partial charge in [-0.25, -0.2) is 0 Å². The van der Waals surface area contributed by atoms with Crippen LogP contribution in [0.5, 0.6) is 0 Å². The molecule has 0 bridgehead atoms. The highest BCUT2D eigenvalue weighted by molar-refractivity contribution is 8.22. The maximum absolute atomic E-state index is 10.7. The number of thioether (sulfide) groups is 1. The summed E-state index contributed by atoms with van der Waals surface area (Å²) in [6.07, 6.45) is 1.50. The molecule has 0 radical (unpaired) electrons. The van der Waals surface area contributed by atoms with Gasteiger partial charge in [-0.2, -0.15) is 5.10 Å². The number of hydrogen-bond acceptors (Lipinski definition) is 5. The molecule has 2 rings (SSSR count). The summed E-state index contributed by atoms with van der Waals surface area (Å²) in [5, 5.41) is 14.7. The molecule has 0 saturated carbocycles. The Morgan fingerprint density at radius 3 is 2.77 bits per heavy atom. The van der Waals surface area contributed by atoms with Crippen LogP contribution in [0.1, 0.15) is 11.1 Å². The van der Waals surface area contributed by atoms with Crippen LogP contribution in [-0.2, 0) is 5.75 Å². The van der Waals surface area contributed by atoms with Gasteiger partial charge in [-0.1, -0.05) is 66.4 Å². The number of nitrogens with one attached hydrogen (secondary N) is 1. The molecule has 2 aromatic carbocycles. The molecule has 0 aromatic heterocycles. The van der Waals surface area contributed by atoms with E-state index in [0.29, 0.717) is 9.88 Å². The van der Waals surface area contributed by atoms with Crippen LogP contribution in [0.4, 0.5) is 5.69 Å². The quantitative estimate of drug-likeness (QED) is 0.391. The first-order valence-corrected chi connectivity index (χ1v) is 7.79. The Bertz CT molecular complexity index is 690. The van der Waals surface area contributed by atoms with Gasteiger partial charge in [0.1, 0.15) is 0 Å². The third-order valence-electron chi connectivity index (χ3n) is 2.66.